The van der Waals surface area contributed by atoms with Gasteiger partial charge in [-0.1, -0.05) is 6.92 Å². The van der Waals surface area contributed by atoms with Gasteiger partial charge in [0.15, 0.2) is 0 Å². The van der Waals surface area contributed by atoms with Crippen LogP contribution in [0.2, 0.25) is 0 Å². The number of carbonyl (C=O) groups is 2. The molecule has 0 saturated heterocycles. The average Bonchev–Trinajstić information content (AvgIpc) is 2.76. The first-order valence-corrected chi connectivity index (χ1v) is 6.53. The molecule has 0 saturated carbocycles. The van der Waals surface area contributed by atoms with Gasteiger partial charge >= 0.3 is 11.9 Å². The minimum absolute atomic E-state index is 0.0459. The standard InChI is InChI=1S/C14H22N2O4/c1-5-6-16-8-10(15)7-11(16)12(17)20-9-14(2,3)13(18)19-4/h7-8H,5-6,9,15H2,1-4H3. The molecule has 1 aromatic rings. The van der Waals surface area contributed by atoms with Crippen molar-refractivity contribution >= 4 is 17.6 Å². The second-order valence-electron chi connectivity index (χ2n) is 5.30. The molecule has 1 aromatic heterocycles. The molecule has 6 nitrogen and oxygen atoms in total. The fourth-order valence-electron chi connectivity index (χ4n) is 1.78. The maximum Gasteiger partial charge on any atom is 0.355 e. The third kappa shape index (κ3) is 3.76. The SMILES string of the molecule is CCCn1cc(N)cc1C(=O)OCC(C)(C)C(=O)OC. The number of hydrogen-bond acceptors (Lipinski definition) is 5. The predicted molar refractivity (Wildman–Crippen MR) is 75.2 cm³/mol. The number of nitrogens with zero attached hydrogens (tertiary/aromatic N) is 1. The molecule has 0 spiro atoms. The first-order chi connectivity index (χ1) is 9.31. The predicted octanol–water partition coefficient (Wildman–Crippen LogP) is 1.84. The fourth-order valence-corrected chi connectivity index (χ4v) is 1.78. The van der Waals surface area contributed by atoms with Crippen molar-refractivity contribution < 1.29 is 19.1 Å². The molecule has 1 heterocycles. The van der Waals surface area contributed by atoms with E-state index < -0.39 is 17.4 Å². The van der Waals surface area contributed by atoms with E-state index in [2.05, 4.69) is 4.74 Å². The monoisotopic (exact) mass is 282 g/mol. The molecule has 0 radical (unpaired) electrons. The van der Waals surface area contributed by atoms with E-state index in [9.17, 15) is 9.59 Å². The molecule has 0 aliphatic carbocycles. The second-order valence-corrected chi connectivity index (χ2v) is 5.30. The molecule has 0 aliphatic rings. The lowest BCUT2D eigenvalue weighted by atomic mass is 9.95. The summed E-state index contributed by atoms with van der Waals surface area (Å²) >= 11 is 0. The Morgan fingerprint density at radius 2 is 2.05 bits per heavy atom. The molecule has 0 aromatic carbocycles. The van der Waals surface area contributed by atoms with Gasteiger partial charge in [-0.2, -0.15) is 0 Å². The topological polar surface area (TPSA) is 83.5 Å². The summed E-state index contributed by atoms with van der Waals surface area (Å²) in [5.74, 6) is -0.916. The van der Waals surface area contributed by atoms with Crippen LogP contribution in [-0.4, -0.2) is 30.2 Å². The molecule has 112 valence electrons. The molecule has 2 N–H and O–H groups in total. The molecule has 20 heavy (non-hydrogen) atoms. The average molecular weight is 282 g/mol. The molecule has 6 heteroatoms. The van der Waals surface area contributed by atoms with Crippen molar-refractivity contribution in [1.82, 2.24) is 4.57 Å². The number of aryl methyl sites for hydroxylation is 1. The summed E-state index contributed by atoms with van der Waals surface area (Å²) in [5.41, 5.74) is 5.72. The minimum Gasteiger partial charge on any atom is -0.469 e. The van der Waals surface area contributed by atoms with Crippen LogP contribution in [0.25, 0.3) is 0 Å². The first kappa shape index (κ1) is 16.1. The number of esters is 2. The Morgan fingerprint density at radius 3 is 2.60 bits per heavy atom. The Morgan fingerprint density at radius 1 is 1.40 bits per heavy atom. The van der Waals surface area contributed by atoms with Gasteiger partial charge in [0.25, 0.3) is 0 Å². The van der Waals surface area contributed by atoms with Gasteiger partial charge in [-0.05, 0) is 26.3 Å². The summed E-state index contributed by atoms with van der Waals surface area (Å²) in [6, 6.07) is 1.57. The van der Waals surface area contributed by atoms with E-state index >= 15 is 0 Å². The molecule has 1 rings (SSSR count). The van der Waals surface area contributed by atoms with Gasteiger partial charge in [0.05, 0.1) is 18.2 Å². The summed E-state index contributed by atoms with van der Waals surface area (Å²) < 4.78 is 11.6. The summed E-state index contributed by atoms with van der Waals surface area (Å²) in [4.78, 5) is 23.6. The number of aromatic nitrogens is 1. The third-order valence-electron chi connectivity index (χ3n) is 2.89. The lowest BCUT2D eigenvalue weighted by Gasteiger charge is -2.21. The summed E-state index contributed by atoms with van der Waals surface area (Å²) in [5, 5.41) is 0. The quantitative estimate of drug-likeness (QED) is 0.805. The highest BCUT2D eigenvalue weighted by molar-refractivity contribution is 5.89. The van der Waals surface area contributed by atoms with E-state index in [1.54, 1.807) is 30.7 Å². The molecule has 0 fully saturated rings. The first-order valence-electron chi connectivity index (χ1n) is 6.53. The van der Waals surface area contributed by atoms with Gasteiger partial charge in [0.1, 0.15) is 12.3 Å². The van der Waals surface area contributed by atoms with Crippen LogP contribution in [0, 0.1) is 5.41 Å². The van der Waals surface area contributed by atoms with Crippen molar-refractivity contribution in [3.05, 3.63) is 18.0 Å². The van der Waals surface area contributed by atoms with Gasteiger partial charge in [0.2, 0.25) is 0 Å². The van der Waals surface area contributed by atoms with Gasteiger partial charge in [0, 0.05) is 12.7 Å². The molecule has 0 aliphatic heterocycles. The summed E-state index contributed by atoms with van der Waals surface area (Å²) in [6.07, 6.45) is 2.58. The lowest BCUT2D eigenvalue weighted by Crippen LogP contribution is -2.32. The van der Waals surface area contributed by atoms with Crippen LogP contribution in [-0.2, 0) is 20.8 Å². The van der Waals surface area contributed by atoms with Crippen molar-refractivity contribution in [1.29, 1.82) is 0 Å². The zero-order valence-corrected chi connectivity index (χ0v) is 12.4. The smallest absolute Gasteiger partial charge is 0.355 e. The van der Waals surface area contributed by atoms with Crippen LogP contribution < -0.4 is 5.73 Å². The normalized spacial score (nSPS) is 11.2. The van der Waals surface area contributed by atoms with Gasteiger partial charge in [-0.25, -0.2) is 4.79 Å². The van der Waals surface area contributed by atoms with Crippen molar-refractivity contribution in [3.63, 3.8) is 0 Å². The van der Waals surface area contributed by atoms with Crippen LogP contribution in [0.15, 0.2) is 12.3 Å². The van der Waals surface area contributed by atoms with Crippen molar-refractivity contribution in [3.8, 4) is 0 Å². The maximum absolute atomic E-state index is 12.1. The summed E-state index contributed by atoms with van der Waals surface area (Å²) in [6.45, 7) is 5.96. The Labute approximate surface area is 118 Å². The molecule has 0 atom stereocenters. The largest absolute Gasteiger partial charge is 0.469 e. The molecule has 0 unspecified atom stereocenters. The Balaban J connectivity index is 2.75. The highest BCUT2D eigenvalue weighted by Crippen LogP contribution is 2.19. The van der Waals surface area contributed by atoms with Crippen LogP contribution in [0.1, 0.15) is 37.7 Å². The number of carbonyl (C=O) groups excluding carboxylic acids is 2. The Hall–Kier alpha value is -1.98. The fraction of sp³-hybridized carbons (Fsp3) is 0.571. The van der Waals surface area contributed by atoms with Crippen molar-refractivity contribution in [2.45, 2.75) is 33.7 Å². The van der Waals surface area contributed by atoms with Crippen LogP contribution in [0.5, 0.6) is 0 Å². The van der Waals surface area contributed by atoms with Crippen molar-refractivity contribution in [2.24, 2.45) is 5.41 Å². The zero-order valence-electron chi connectivity index (χ0n) is 12.4. The number of rotatable bonds is 6. The number of ether oxygens (including phenoxy) is 2. The molecule has 0 amide bonds. The van der Waals surface area contributed by atoms with Crippen LogP contribution in [0.4, 0.5) is 5.69 Å². The van der Waals surface area contributed by atoms with E-state index in [1.165, 1.54) is 7.11 Å². The van der Waals surface area contributed by atoms with E-state index in [4.69, 9.17) is 10.5 Å². The van der Waals surface area contributed by atoms with E-state index in [-0.39, 0.29) is 6.61 Å². The highest BCUT2D eigenvalue weighted by atomic mass is 16.5. The van der Waals surface area contributed by atoms with Crippen molar-refractivity contribution in [2.75, 3.05) is 19.5 Å². The summed E-state index contributed by atoms with van der Waals surface area (Å²) in [7, 11) is 1.30. The number of methoxy groups -OCH3 is 1. The Bertz CT molecular complexity index is 491. The van der Waals surface area contributed by atoms with Crippen LogP contribution >= 0.6 is 0 Å². The maximum atomic E-state index is 12.1. The second kappa shape index (κ2) is 6.45. The Kier molecular flexibility index (Phi) is 5.19. The molecule has 0 bridgehead atoms. The lowest BCUT2D eigenvalue weighted by molar-refractivity contribution is -0.152. The molecular weight excluding hydrogens is 260 g/mol. The number of nitrogen functional groups attached to an aromatic ring is 1. The van der Waals surface area contributed by atoms with E-state index in [0.717, 1.165) is 6.42 Å². The van der Waals surface area contributed by atoms with E-state index in [0.29, 0.717) is 17.9 Å². The number of nitrogens with two attached hydrogens (primary N) is 1. The highest BCUT2D eigenvalue weighted by Gasteiger charge is 2.31. The minimum atomic E-state index is -0.877. The van der Waals surface area contributed by atoms with Gasteiger partial charge in [-0.3, -0.25) is 4.79 Å². The molecular formula is C14H22N2O4. The zero-order chi connectivity index (χ0) is 15.3. The third-order valence-corrected chi connectivity index (χ3v) is 2.89. The number of hydrogen-bond donors (Lipinski definition) is 1. The number of anilines is 1. The van der Waals surface area contributed by atoms with Crippen LogP contribution in [0.3, 0.4) is 0 Å². The van der Waals surface area contributed by atoms with Gasteiger partial charge < -0.3 is 19.8 Å². The van der Waals surface area contributed by atoms with E-state index in [1.807, 2.05) is 6.92 Å². The van der Waals surface area contributed by atoms with Gasteiger partial charge in [-0.15, -0.1) is 0 Å².